The number of benzene rings is 2. The average Bonchev–Trinajstić information content (AvgIpc) is 3.02. The van der Waals surface area contributed by atoms with Gasteiger partial charge in [-0.3, -0.25) is 0 Å². The summed E-state index contributed by atoms with van der Waals surface area (Å²) in [5.41, 5.74) is 2.17. The van der Waals surface area contributed by atoms with Gasteiger partial charge in [0.1, 0.15) is 17.5 Å². The molecule has 1 heterocycles. The van der Waals surface area contributed by atoms with Crippen LogP contribution in [0.2, 0.25) is 0 Å². The molecule has 0 unspecified atom stereocenters. The molecule has 3 aromatic rings. The van der Waals surface area contributed by atoms with Gasteiger partial charge in [-0.05, 0) is 49.0 Å². The lowest BCUT2D eigenvalue weighted by Gasteiger charge is -2.12. The van der Waals surface area contributed by atoms with E-state index in [2.05, 4.69) is 15.6 Å². The van der Waals surface area contributed by atoms with Crippen LogP contribution in [0.4, 0.5) is 14.5 Å². The summed E-state index contributed by atoms with van der Waals surface area (Å²) in [4.78, 5) is 4.20. The van der Waals surface area contributed by atoms with E-state index in [1.54, 1.807) is 6.20 Å². The van der Waals surface area contributed by atoms with Crippen LogP contribution < -0.4 is 10.6 Å². The van der Waals surface area contributed by atoms with Gasteiger partial charge >= 0.3 is 0 Å². The fourth-order valence-corrected chi connectivity index (χ4v) is 2.55. The number of nitrogens with zero attached hydrogens (tertiary/aromatic N) is 2. The van der Waals surface area contributed by atoms with E-state index >= 15 is 0 Å². The van der Waals surface area contributed by atoms with Crippen molar-refractivity contribution >= 4 is 23.0 Å². The predicted octanol–water partition coefficient (Wildman–Crippen LogP) is 3.95. The number of anilines is 1. The molecular weight excluding hydrogens is 342 g/mol. The number of aromatic nitrogens is 2. The lowest BCUT2D eigenvalue weighted by Crippen LogP contribution is -2.28. The van der Waals surface area contributed by atoms with E-state index in [1.165, 1.54) is 12.1 Å². The van der Waals surface area contributed by atoms with E-state index < -0.39 is 11.6 Å². The Morgan fingerprint density at radius 1 is 1.16 bits per heavy atom. The van der Waals surface area contributed by atoms with Crippen LogP contribution in [0.1, 0.15) is 11.4 Å². The molecule has 0 fully saturated rings. The smallest absolute Gasteiger partial charge is 0.171 e. The molecular formula is C18H16F2N4S. The van der Waals surface area contributed by atoms with Crippen LogP contribution in [0.15, 0.2) is 54.9 Å². The van der Waals surface area contributed by atoms with E-state index in [9.17, 15) is 8.78 Å². The molecule has 1 aromatic heterocycles. The summed E-state index contributed by atoms with van der Waals surface area (Å²) in [6.07, 6.45) is 3.66. The number of hydrogen-bond acceptors (Lipinski definition) is 2. The predicted molar refractivity (Wildman–Crippen MR) is 97.7 cm³/mol. The molecule has 0 atom stereocenters. The van der Waals surface area contributed by atoms with E-state index in [1.807, 2.05) is 42.0 Å². The fourth-order valence-electron chi connectivity index (χ4n) is 2.36. The Labute approximate surface area is 149 Å². The molecule has 25 heavy (non-hydrogen) atoms. The molecule has 0 spiro atoms. The summed E-state index contributed by atoms with van der Waals surface area (Å²) < 4.78 is 28.5. The monoisotopic (exact) mass is 358 g/mol. The summed E-state index contributed by atoms with van der Waals surface area (Å²) >= 11 is 5.14. The van der Waals surface area contributed by atoms with Crippen molar-refractivity contribution < 1.29 is 8.78 Å². The molecule has 2 aromatic carbocycles. The molecule has 128 valence electrons. The molecule has 7 heteroatoms. The third-order valence-corrected chi connectivity index (χ3v) is 3.92. The number of aryl methyl sites for hydroxylation is 1. The lowest BCUT2D eigenvalue weighted by atomic mass is 10.2. The molecule has 0 aliphatic carbocycles. The summed E-state index contributed by atoms with van der Waals surface area (Å²) in [5.74, 6) is -0.406. The van der Waals surface area contributed by atoms with Crippen LogP contribution in [0, 0.1) is 18.6 Å². The van der Waals surface area contributed by atoms with Crippen LogP contribution in [-0.4, -0.2) is 14.7 Å². The van der Waals surface area contributed by atoms with Gasteiger partial charge in [-0.15, -0.1) is 0 Å². The summed E-state index contributed by atoms with van der Waals surface area (Å²) in [5, 5.41) is 5.97. The van der Waals surface area contributed by atoms with Crippen LogP contribution in [-0.2, 0) is 6.54 Å². The molecule has 0 amide bonds. The molecule has 0 bridgehead atoms. The van der Waals surface area contributed by atoms with Crippen molar-refractivity contribution in [1.29, 1.82) is 0 Å². The zero-order chi connectivity index (χ0) is 17.8. The van der Waals surface area contributed by atoms with Crippen molar-refractivity contribution in [1.82, 2.24) is 14.9 Å². The minimum absolute atomic E-state index is 0.129. The van der Waals surface area contributed by atoms with Gasteiger partial charge in [-0.2, -0.15) is 0 Å². The molecule has 0 saturated heterocycles. The topological polar surface area (TPSA) is 41.9 Å². The lowest BCUT2D eigenvalue weighted by molar-refractivity contribution is 0.586. The highest BCUT2D eigenvalue weighted by Gasteiger charge is 2.06. The van der Waals surface area contributed by atoms with Crippen molar-refractivity contribution in [3.05, 3.63) is 77.9 Å². The zero-order valence-electron chi connectivity index (χ0n) is 13.5. The third kappa shape index (κ3) is 4.19. The van der Waals surface area contributed by atoms with E-state index in [0.29, 0.717) is 6.54 Å². The number of nitrogens with one attached hydrogen (secondary N) is 2. The Bertz CT molecular complexity index is 890. The molecule has 0 saturated carbocycles. The zero-order valence-corrected chi connectivity index (χ0v) is 14.3. The van der Waals surface area contributed by atoms with Crippen LogP contribution in [0.25, 0.3) is 5.69 Å². The highest BCUT2D eigenvalue weighted by molar-refractivity contribution is 7.80. The second kappa shape index (κ2) is 7.40. The Balaban J connectivity index is 1.58. The molecule has 0 aliphatic heterocycles. The Morgan fingerprint density at radius 3 is 2.56 bits per heavy atom. The molecule has 4 nitrogen and oxygen atoms in total. The summed E-state index contributed by atoms with van der Waals surface area (Å²) in [6.45, 7) is 2.42. The SMILES string of the molecule is Cc1nccn1-c1ccc(CNC(=S)Nc2ccc(F)cc2F)cc1. The number of halogens is 2. The van der Waals surface area contributed by atoms with Crippen molar-refractivity contribution in [2.45, 2.75) is 13.5 Å². The first-order valence-corrected chi connectivity index (χ1v) is 8.03. The molecule has 0 radical (unpaired) electrons. The Kier molecular flexibility index (Phi) is 5.04. The van der Waals surface area contributed by atoms with E-state index in [0.717, 1.165) is 23.1 Å². The highest BCUT2D eigenvalue weighted by Crippen LogP contribution is 2.15. The maximum Gasteiger partial charge on any atom is 0.171 e. The molecule has 0 aliphatic rings. The first-order valence-electron chi connectivity index (χ1n) is 7.62. The van der Waals surface area contributed by atoms with Gasteiger partial charge in [-0.25, -0.2) is 13.8 Å². The maximum absolute atomic E-state index is 13.6. The van der Waals surface area contributed by atoms with Gasteiger partial charge in [0.25, 0.3) is 0 Å². The second-order valence-electron chi connectivity index (χ2n) is 5.44. The van der Waals surface area contributed by atoms with Gasteiger partial charge in [0.15, 0.2) is 5.11 Å². The number of thiocarbonyl (C=S) groups is 1. The third-order valence-electron chi connectivity index (χ3n) is 3.67. The van der Waals surface area contributed by atoms with Crippen molar-refractivity contribution in [2.24, 2.45) is 0 Å². The minimum atomic E-state index is -0.691. The molecule has 2 N–H and O–H groups in total. The number of imidazole rings is 1. The standard InChI is InChI=1S/C18H16F2N4S/c1-12-21-8-9-24(12)15-5-2-13(3-6-15)11-22-18(25)23-17-7-4-14(19)10-16(17)20/h2-10H,11H2,1H3,(H2,22,23,25). The molecule has 3 rings (SSSR count). The van der Waals surface area contributed by atoms with Crippen molar-refractivity contribution in [3.8, 4) is 5.69 Å². The number of rotatable bonds is 4. The quantitative estimate of drug-likeness (QED) is 0.693. The largest absolute Gasteiger partial charge is 0.358 e. The second-order valence-corrected chi connectivity index (χ2v) is 5.85. The van der Waals surface area contributed by atoms with Crippen LogP contribution >= 0.6 is 12.2 Å². The van der Waals surface area contributed by atoms with Gasteiger partial charge in [0, 0.05) is 30.7 Å². The van der Waals surface area contributed by atoms with Gasteiger partial charge in [0.2, 0.25) is 0 Å². The maximum atomic E-state index is 13.6. The van der Waals surface area contributed by atoms with Gasteiger partial charge in [0.05, 0.1) is 5.69 Å². The normalized spacial score (nSPS) is 10.5. The van der Waals surface area contributed by atoms with Crippen LogP contribution in [0.5, 0.6) is 0 Å². The first kappa shape index (κ1) is 17.0. The summed E-state index contributed by atoms with van der Waals surface area (Å²) in [7, 11) is 0. The first-order chi connectivity index (χ1) is 12.0. The van der Waals surface area contributed by atoms with E-state index in [4.69, 9.17) is 12.2 Å². The van der Waals surface area contributed by atoms with Crippen molar-refractivity contribution in [3.63, 3.8) is 0 Å². The van der Waals surface area contributed by atoms with Crippen LogP contribution in [0.3, 0.4) is 0 Å². The highest BCUT2D eigenvalue weighted by atomic mass is 32.1. The average molecular weight is 358 g/mol. The van der Waals surface area contributed by atoms with E-state index in [-0.39, 0.29) is 10.8 Å². The van der Waals surface area contributed by atoms with Crippen molar-refractivity contribution in [2.75, 3.05) is 5.32 Å². The van der Waals surface area contributed by atoms with Gasteiger partial charge in [-0.1, -0.05) is 12.1 Å². The summed E-state index contributed by atoms with van der Waals surface area (Å²) in [6, 6.07) is 11.2. The minimum Gasteiger partial charge on any atom is -0.358 e. The van der Waals surface area contributed by atoms with Gasteiger partial charge < -0.3 is 15.2 Å². The number of hydrogen-bond donors (Lipinski definition) is 2. The fraction of sp³-hybridized carbons (Fsp3) is 0.111. The Morgan fingerprint density at radius 2 is 1.92 bits per heavy atom. The Hall–Kier alpha value is -2.80.